The third kappa shape index (κ3) is 10.2. The Balaban J connectivity index is -0.000000149. The quantitative estimate of drug-likeness (QED) is 0.611. The second-order valence-corrected chi connectivity index (χ2v) is 2.29. The van der Waals surface area contributed by atoms with E-state index in [4.69, 9.17) is 0 Å². The van der Waals surface area contributed by atoms with Crippen LogP contribution in [0.25, 0.3) is 6.15 Å². The first-order valence-corrected chi connectivity index (χ1v) is 4.99. The molecule has 2 N–H and O–H groups in total. The van der Waals surface area contributed by atoms with Crippen molar-refractivity contribution in [3.63, 3.8) is 0 Å². The van der Waals surface area contributed by atoms with E-state index < -0.39 is 0 Å². The maximum Gasteiger partial charge on any atom is -0.358 e. The summed E-state index contributed by atoms with van der Waals surface area (Å²) in [5, 5.41) is 3.28. The molecule has 0 amide bonds. The van der Waals surface area contributed by atoms with Crippen molar-refractivity contribution in [1.82, 2.24) is 0 Å². The molecule has 0 aromatic carbocycles. The van der Waals surface area contributed by atoms with Gasteiger partial charge in [-0.2, -0.15) is 6.42 Å². The average molecular weight is 330 g/mol. The number of hydrogen-bond donors (Lipinski definition) is 0. The summed E-state index contributed by atoms with van der Waals surface area (Å²) < 4.78 is 0. The molecule has 1 rings (SSSR count). The first-order valence-electron chi connectivity index (χ1n) is 3.19. The number of nitrogens with two attached hydrogens (primary N) is 1. The zero-order valence-electron chi connectivity index (χ0n) is 7.41. The molecule has 0 spiro atoms. The van der Waals surface area contributed by atoms with Crippen LogP contribution in [0.3, 0.4) is 0 Å². The van der Waals surface area contributed by atoms with E-state index in [-0.39, 0.29) is 13.6 Å². The van der Waals surface area contributed by atoms with Crippen LogP contribution in [-0.2, 0) is 18.1 Å². The SMILES string of the molecule is CC1CC=[C-]CC1.[CH2]=[Os].[CH3-].[NH2-]. The van der Waals surface area contributed by atoms with Gasteiger partial charge in [0.25, 0.3) is 0 Å². The predicted molar refractivity (Wildman–Crippen MR) is 49.6 cm³/mol. The van der Waals surface area contributed by atoms with E-state index in [1.54, 1.807) is 18.1 Å². The van der Waals surface area contributed by atoms with Crippen molar-refractivity contribution in [3.05, 3.63) is 25.7 Å². The van der Waals surface area contributed by atoms with E-state index >= 15 is 0 Å². The van der Waals surface area contributed by atoms with Crippen LogP contribution in [0.1, 0.15) is 26.2 Å². The number of allylic oxidation sites excluding steroid dienone is 2. The van der Waals surface area contributed by atoms with E-state index in [2.05, 4.69) is 24.1 Å². The van der Waals surface area contributed by atoms with Crippen LogP contribution < -0.4 is 0 Å². The molecule has 0 fully saturated rings. The number of hydrogen-bond acceptors (Lipinski definition) is 0. The van der Waals surface area contributed by atoms with Crippen LogP contribution in [0.4, 0.5) is 0 Å². The first kappa shape index (κ1) is 17.3. The van der Waals surface area contributed by atoms with Gasteiger partial charge in [-0.1, -0.05) is 19.8 Å². The Morgan fingerprint density at radius 1 is 1.55 bits per heavy atom. The van der Waals surface area contributed by atoms with E-state index in [1.165, 1.54) is 19.3 Å². The maximum atomic E-state index is 3.28. The van der Waals surface area contributed by atoms with Crippen molar-refractivity contribution in [1.29, 1.82) is 0 Å². The molecule has 0 aromatic rings. The molecule has 1 atom stereocenters. The summed E-state index contributed by atoms with van der Waals surface area (Å²) in [7, 11) is 0. The molecular formula is C9H18NOs-3. The maximum absolute atomic E-state index is 3.28. The summed E-state index contributed by atoms with van der Waals surface area (Å²) in [5.74, 6) is 0.918. The summed E-state index contributed by atoms with van der Waals surface area (Å²) in [6.07, 6.45) is 9.13. The Morgan fingerprint density at radius 2 is 2.09 bits per heavy atom. The molecule has 0 bridgehead atoms. The van der Waals surface area contributed by atoms with Gasteiger partial charge in [-0.3, -0.25) is 6.08 Å². The zero-order valence-corrected chi connectivity index (χ0v) is 9.95. The van der Waals surface area contributed by atoms with Crippen molar-refractivity contribution in [3.8, 4) is 0 Å². The van der Waals surface area contributed by atoms with E-state index in [0.29, 0.717) is 0 Å². The standard InChI is InChI=1S/C7H11.CH3.CH2.H2N.Os/c1-7-5-3-2-4-6-7;;;;/h3,7H,4-6H2,1H3;1H3;2*1H2;/q2*-1;;-1;. The van der Waals surface area contributed by atoms with Gasteiger partial charge in [0, 0.05) is 0 Å². The molecule has 0 heterocycles. The van der Waals surface area contributed by atoms with Crippen molar-refractivity contribution < 1.29 is 18.1 Å². The molecule has 1 nitrogen and oxygen atoms in total. The Labute approximate surface area is 81.3 Å². The molecule has 70 valence electrons. The summed E-state index contributed by atoms with van der Waals surface area (Å²) in [5.41, 5.74) is 0. The zero-order chi connectivity index (χ0) is 7.11. The fraction of sp³-hybridized carbons (Fsp3) is 0.556. The largest absolute Gasteiger partial charge is 0.693 e. The molecule has 11 heavy (non-hydrogen) atoms. The third-order valence-electron chi connectivity index (χ3n) is 1.45. The number of rotatable bonds is 0. The van der Waals surface area contributed by atoms with Crippen LogP contribution in [0.2, 0.25) is 0 Å². The van der Waals surface area contributed by atoms with Gasteiger partial charge in [0.2, 0.25) is 0 Å². The summed E-state index contributed by atoms with van der Waals surface area (Å²) >= 11 is 1.61. The molecule has 1 aliphatic rings. The van der Waals surface area contributed by atoms with E-state index in [0.717, 1.165) is 5.92 Å². The summed E-state index contributed by atoms with van der Waals surface area (Å²) in [6.45, 7) is 2.29. The van der Waals surface area contributed by atoms with Gasteiger partial charge < -0.3 is 19.7 Å². The van der Waals surface area contributed by atoms with Gasteiger partial charge in [-0.25, -0.2) is 0 Å². The normalized spacial score (nSPS) is 20.0. The Morgan fingerprint density at radius 3 is 2.27 bits per heavy atom. The molecule has 1 unspecified atom stereocenters. The molecular weight excluding hydrogens is 312 g/mol. The van der Waals surface area contributed by atoms with Gasteiger partial charge in [0.15, 0.2) is 0 Å². The van der Waals surface area contributed by atoms with Crippen LogP contribution in [0.15, 0.2) is 6.08 Å². The average Bonchev–Trinajstić information content (AvgIpc) is 1.94. The van der Waals surface area contributed by atoms with Crippen LogP contribution >= 0.6 is 0 Å². The molecule has 0 saturated carbocycles. The minimum Gasteiger partial charge on any atom is -0.693 e. The van der Waals surface area contributed by atoms with Crippen molar-refractivity contribution >= 4 is 5.07 Å². The van der Waals surface area contributed by atoms with E-state index in [1.807, 2.05) is 0 Å². The van der Waals surface area contributed by atoms with Crippen molar-refractivity contribution in [2.24, 2.45) is 5.92 Å². The second kappa shape index (κ2) is 12.8. The summed E-state index contributed by atoms with van der Waals surface area (Å²) in [6, 6.07) is 0. The molecule has 1 aliphatic carbocycles. The van der Waals surface area contributed by atoms with E-state index in [9.17, 15) is 0 Å². The van der Waals surface area contributed by atoms with Crippen LogP contribution in [-0.4, -0.2) is 5.07 Å². The third-order valence-corrected chi connectivity index (χ3v) is 1.45. The molecule has 2 heteroatoms. The molecule has 0 aliphatic heterocycles. The summed E-state index contributed by atoms with van der Waals surface area (Å²) in [4.78, 5) is 0. The fourth-order valence-electron chi connectivity index (χ4n) is 0.834. The molecule has 0 radical (unpaired) electrons. The smallest absolute Gasteiger partial charge is 0.358 e. The van der Waals surface area contributed by atoms with Gasteiger partial charge in [-0.05, 0) is 5.92 Å². The monoisotopic (exact) mass is 332 g/mol. The van der Waals surface area contributed by atoms with Gasteiger partial charge in [0.1, 0.15) is 0 Å². The predicted octanol–water partition coefficient (Wildman–Crippen LogP) is 3.30. The van der Waals surface area contributed by atoms with Crippen LogP contribution in [0, 0.1) is 19.4 Å². The van der Waals surface area contributed by atoms with Gasteiger partial charge in [0.05, 0.1) is 0 Å². The van der Waals surface area contributed by atoms with Gasteiger partial charge in [-0.15, -0.1) is 0 Å². The van der Waals surface area contributed by atoms with Crippen molar-refractivity contribution in [2.75, 3.05) is 0 Å². The molecule has 0 aromatic heterocycles. The molecule has 0 saturated heterocycles. The Hall–Kier alpha value is 0.206. The first-order chi connectivity index (χ1) is 4.39. The minimum absolute atomic E-state index is 0. The van der Waals surface area contributed by atoms with Crippen LogP contribution in [0.5, 0.6) is 0 Å². The van der Waals surface area contributed by atoms with Crippen molar-refractivity contribution in [2.45, 2.75) is 26.2 Å². The Kier molecular flexibility index (Phi) is 20.2. The topological polar surface area (TPSA) is 33.5 Å². The van der Waals surface area contributed by atoms with Gasteiger partial charge >= 0.3 is 23.2 Å². The fourth-order valence-corrected chi connectivity index (χ4v) is 0.834. The minimum atomic E-state index is 0. The second-order valence-electron chi connectivity index (χ2n) is 2.29. The Bertz CT molecular complexity index is 91.6.